The summed E-state index contributed by atoms with van der Waals surface area (Å²) in [7, 11) is 0. The summed E-state index contributed by atoms with van der Waals surface area (Å²) >= 11 is 5.02. The van der Waals surface area contributed by atoms with Crippen LogP contribution in [0.25, 0.3) is 10.2 Å². The van der Waals surface area contributed by atoms with Gasteiger partial charge in [-0.2, -0.15) is 0 Å². The second-order valence-corrected chi connectivity index (χ2v) is 11.5. The molecule has 0 radical (unpaired) electrons. The minimum Gasteiger partial charge on any atom is -0.455 e. The molecule has 0 saturated carbocycles. The minimum absolute atomic E-state index is 0.000871. The van der Waals surface area contributed by atoms with Gasteiger partial charge >= 0.3 is 0 Å². The Hall–Kier alpha value is -2.98. The van der Waals surface area contributed by atoms with Crippen LogP contribution in [0.2, 0.25) is 0 Å². The molecule has 182 valence electrons. The summed E-state index contributed by atoms with van der Waals surface area (Å²) in [5.41, 5.74) is 1.94. The maximum Gasteiger partial charge on any atom is 0.183 e. The molecular weight excluding hydrogens is 507 g/mol. The number of hydrogen-bond acceptors (Lipinski definition) is 9. The van der Waals surface area contributed by atoms with Crippen molar-refractivity contribution in [3.63, 3.8) is 0 Å². The van der Waals surface area contributed by atoms with E-state index in [1.54, 1.807) is 34.4 Å². The van der Waals surface area contributed by atoms with E-state index in [0.717, 1.165) is 58.7 Å². The van der Waals surface area contributed by atoms with Crippen LogP contribution in [0.5, 0.6) is 11.5 Å². The summed E-state index contributed by atoms with van der Waals surface area (Å²) in [6, 6.07) is 16.2. The average molecular weight is 532 g/mol. The number of para-hydroxylation sites is 1. The predicted octanol–water partition coefficient (Wildman–Crippen LogP) is 7.24. The number of benzene rings is 1. The lowest BCUT2D eigenvalue weighted by atomic mass is 9.88. The molecule has 0 bridgehead atoms. The normalized spacial score (nSPS) is 15.1. The second-order valence-electron chi connectivity index (χ2n) is 8.56. The first-order chi connectivity index (χ1) is 17.8. The van der Waals surface area contributed by atoms with E-state index in [0.29, 0.717) is 5.92 Å². The highest BCUT2D eigenvalue weighted by Crippen LogP contribution is 2.41. The van der Waals surface area contributed by atoms with Crippen molar-refractivity contribution in [1.29, 1.82) is 0 Å². The molecule has 1 atom stereocenters. The summed E-state index contributed by atoms with van der Waals surface area (Å²) in [6.07, 6.45) is 7.81. The third-order valence-electron chi connectivity index (χ3n) is 6.22. The lowest BCUT2D eigenvalue weighted by Gasteiger charge is -2.32. The van der Waals surface area contributed by atoms with Crippen LogP contribution in [0, 0.1) is 5.92 Å². The molecule has 1 aliphatic heterocycles. The smallest absolute Gasteiger partial charge is 0.183 e. The third kappa shape index (κ3) is 5.24. The van der Waals surface area contributed by atoms with E-state index in [-0.39, 0.29) is 6.04 Å². The van der Waals surface area contributed by atoms with Crippen molar-refractivity contribution in [3.05, 3.63) is 83.6 Å². The van der Waals surface area contributed by atoms with Crippen LogP contribution < -0.4 is 15.4 Å². The van der Waals surface area contributed by atoms with Crippen LogP contribution >= 0.6 is 34.4 Å². The Kier molecular flexibility index (Phi) is 7.13. The second kappa shape index (κ2) is 11.0. The number of nitrogens with zero attached hydrogens (tertiary/aromatic N) is 3. The Morgan fingerprint density at radius 3 is 2.69 bits per heavy atom. The van der Waals surface area contributed by atoms with Gasteiger partial charge in [-0.05, 0) is 67.6 Å². The SMILES string of the molecule is c1ccc(Oc2cc(Sc3ccnc4ccsc34)cnc2C(Nc2nccs2)C2CCNCC2)cc1. The number of thiophene rings is 1. The van der Waals surface area contributed by atoms with Crippen molar-refractivity contribution in [3.8, 4) is 11.5 Å². The first-order valence-electron chi connectivity index (χ1n) is 11.9. The molecule has 36 heavy (non-hydrogen) atoms. The van der Waals surface area contributed by atoms with Gasteiger partial charge in [-0.3, -0.25) is 9.97 Å². The van der Waals surface area contributed by atoms with Gasteiger partial charge in [0.25, 0.3) is 0 Å². The fraction of sp³-hybridized carbons (Fsp3) is 0.222. The third-order valence-corrected chi connectivity index (χ3v) is 9.01. The van der Waals surface area contributed by atoms with Gasteiger partial charge in [-0.1, -0.05) is 30.0 Å². The molecule has 1 saturated heterocycles. The van der Waals surface area contributed by atoms with Crippen molar-refractivity contribution >= 4 is 49.8 Å². The maximum atomic E-state index is 6.49. The predicted molar refractivity (Wildman–Crippen MR) is 149 cm³/mol. The van der Waals surface area contributed by atoms with Crippen LogP contribution in [-0.4, -0.2) is 28.0 Å². The highest BCUT2D eigenvalue weighted by Gasteiger charge is 2.30. The Morgan fingerprint density at radius 1 is 0.972 bits per heavy atom. The lowest BCUT2D eigenvalue weighted by molar-refractivity contribution is 0.326. The standard InChI is InChI=1S/C27H25N5OS3/c1-2-4-19(5-3-1)33-22-16-20(36-23-8-12-29-21-9-14-34-26(21)23)17-31-25(22)24(18-6-10-28-11-7-18)32-27-30-13-15-35-27/h1-5,8-9,12-18,24,28H,6-7,10-11H2,(H,30,32). The van der Waals surface area contributed by atoms with E-state index in [9.17, 15) is 0 Å². The fourth-order valence-corrected chi connectivity index (χ4v) is 6.94. The zero-order chi connectivity index (χ0) is 24.2. The van der Waals surface area contributed by atoms with E-state index in [1.165, 1.54) is 9.60 Å². The lowest BCUT2D eigenvalue weighted by Crippen LogP contribution is -2.34. The molecule has 6 nitrogen and oxygen atoms in total. The van der Waals surface area contributed by atoms with E-state index in [2.05, 4.69) is 44.2 Å². The number of ether oxygens (including phenoxy) is 1. The van der Waals surface area contributed by atoms with Crippen molar-refractivity contribution in [2.24, 2.45) is 5.92 Å². The van der Waals surface area contributed by atoms with Gasteiger partial charge in [0.1, 0.15) is 11.4 Å². The minimum atomic E-state index is 0.000871. The first-order valence-corrected chi connectivity index (χ1v) is 14.5. The van der Waals surface area contributed by atoms with Crippen LogP contribution in [0.1, 0.15) is 24.6 Å². The number of fused-ring (bicyclic) bond motifs is 1. The molecule has 5 aromatic rings. The maximum absolute atomic E-state index is 6.49. The van der Waals surface area contributed by atoms with Crippen molar-refractivity contribution in [1.82, 2.24) is 20.3 Å². The Labute approximate surface area is 222 Å². The van der Waals surface area contributed by atoms with Gasteiger partial charge < -0.3 is 15.4 Å². The summed E-state index contributed by atoms with van der Waals surface area (Å²) in [6.45, 7) is 2.00. The average Bonchev–Trinajstić information content (AvgIpc) is 3.62. The van der Waals surface area contributed by atoms with Gasteiger partial charge in [0.2, 0.25) is 0 Å². The van der Waals surface area contributed by atoms with Crippen LogP contribution in [-0.2, 0) is 0 Å². The van der Waals surface area contributed by atoms with E-state index >= 15 is 0 Å². The number of nitrogens with one attached hydrogen (secondary N) is 2. The van der Waals surface area contributed by atoms with Gasteiger partial charge in [-0.25, -0.2) is 4.98 Å². The van der Waals surface area contributed by atoms with Crippen LogP contribution in [0.3, 0.4) is 0 Å². The summed E-state index contributed by atoms with van der Waals surface area (Å²) in [5.74, 6) is 1.99. The number of pyridine rings is 2. The highest BCUT2D eigenvalue weighted by atomic mass is 32.2. The van der Waals surface area contributed by atoms with E-state index < -0.39 is 0 Å². The molecule has 1 aliphatic rings. The van der Waals surface area contributed by atoms with E-state index in [1.807, 2.05) is 54.3 Å². The molecule has 5 heterocycles. The molecule has 4 aromatic heterocycles. The summed E-state index contributed by atoms with van der Waals surface area (Å²) < 4.78 is 7.68. The molecule has 1 unspecified atom stereocenters. The van der Waals surface area contributed by atoms with Crippen LogP contribution in [0.15, 0.2) is 87.7 Å². The quantitative estimate of drug-likeness (QED) is 0.219. The largest absolute Gasteiger partial charge is 0.455 e. The number of piperidine rings is 1. The number of hydrogen-bond donors (Lipinski definition) is 2. The molecule has 2 N–H and O–H groups in total. The van der Waals surface area contributed by atoms with Gasteiger partial charge in [-0.15, -0.1) is 22.7 Å². The Bertz CT molecular complexity index is 1420. The molecule has 1 aromatic carbocycles. The van der Waals surface area contributed by atoms with Gasteiger partial charge in [0.15, 0.2) is 10.9 Å². The van der Waals surface area contributed by atoms with Gasteiger partial charge in [0, 0.05) is 33.8 Å². The topological polar surface area (TPSA) is 72.0 Å². The Morgan fingerprint density at radius 2 is 1.86 bits per heavy atom. The molecule has 9 heteroatoms. The molecule has 0 aliphatic carbocycles. The van der Waals surface area contributed by atoms with Gasteiger partial charge in [0.05, 0.1) is 16.3 Å². The molecule has 0 amide bonds. The molecule has 6 rings (SSSR count). The molecule has 1 fully saturated rings. The van der Waals surface area contributed by atoms with Crippen LogP contribution in [0.4, 0.5) is 5.13 Å². The highest BCUT2D eigenvalue weighted by molar-refractivity contribution is 7.99. The number of rotatable bonds is 8. The van der Waals surface area contributed by atoms with E-state index in [4.69, 9.17) is 9.72 Å². The Balaban J connectivity index is 1.39. The number of anilines is 1. The molecule has 0 spiro atoms. The number of thiazole rings is 1. The zero-order valence-electron chi connectivity index (χ0n) is 19.5. The fourth-order valence-electron chi connectivity index (χ4n) is 4.50. The molecular formula is C27H25N5OS3. The summed E-state index contributed by atoms with van der Waals surface area (Å²) in [4.78, 5) is 16.2. The monoisotopic (exact) mass is 531 g/mol. The number of aromatic nitrogens is 3. The van der Waals surface area contributed by atoms with Crippen molar-refractivity contribution in [2.45, 2.75) is 28.7 Å². The summed E-state index contributed by atoms with van der Waals surface area (Å²) in [5, 5.41) is 12.2. The van der Waals surface area contributed by atoms with Crippen molar-refractivity contribution in [2.75, 3.05) is 18.4 Å². The zero-order valence-corrected chi connectivity index (χ0v) is 21.9. The first kappa shape index (κ1) is 23.4. The van der Waals surface area contributed by atoms with Crippen molar-refractivity contribution < 1.29 is 4.74 Å².